The monoisotopic (exact) mass is 401 g/mol. The second-order valence-corrected chi connectivity index (χ2v) is 6.21. The first-order valence-electron chi connectivity index (χ1n) is 9.38. The molecule has 2 rings (SSSR count). The van der Waals surface area contributed by atoms with Gasteiger partial charge in [-0.1, -0.05) is 6.07 Å². The van der Waals surface area contributed by atoms with Crippen LogP contribution in [0.1, 0.15) is 28.8 Å². The average Bonchev–Trinajstić information content (AvgIpc) is 2.76. The molecule has 1 aromatic carbocycles. The lowest BCUT2D eigenvalue weighted by molar-refractivity contribution is -0.121. The van der Waals surface area contributed by atoms with Crippen LogP contribution < -0.4 is 20.1 Å². The summed E-state index contributed by atoms with van der Waals surface area (Å²) < 4.78 is 15.4. The van der Waals surface area contributed by atoms with Gasteiger partial charge in [-0.3, -0.25) is 9.59 Å². The maximum absolute atomic E-state index is 12.0. The number of benzene rings is 1. The minimum absolute atomic E-state index is 0.0795. The van der Waals surface area contributed by atoms with Gasteiger partial charge in [-0.2, -0.15) is 0 Å². The third kappa shape index (κ3) is 8.18. The molecule has 0 atom stereocenters. The van der Waals surface area contributed by atoms with Gasteiger partial charge in [0.1, 0.15) is 12.4 Å². The van der Waals surface area contributed by atoms with E-state index in [9.17, 15) is 9.59 Å². The predicted molar refractivity (Wildman–Crippen MR) is 108 cm³/mol. The Morgan fingerprint density at radius 3 is 2.45 bits per heavy atom. The third-order valence-corrected chi connectivity index (χ3v) is 4.04. The lowest BCUT2D eigenvalue weighted by atomic mass is 10.2. The van der Waals surface area contributed by atoms with Gasteiger partial charge in [0.15, 0.2) is 0 Å². The molecule has 2 aromatic rings. The lowest BCUT2D eigenvalue weighted by Crippen LogP contribution is -2.27. The SMILES string of the molecule is COCCOc1ccc(CNC(=O)CCCNC(=O)c2ccc(OC)cc2)cn1. The van der Waals surface area contributed by atoms with Gasteiger partial charge in [0.2, 0.25) is 11.8 Å². The molecule has 1 aromatic heterocycles. The summed E-state index contributed by atoms with van der Waals surface area (Å²) in [5, 5.41) is 5.64. The Balaban J connectivity index is 1.61. The van der Waals surface area contributed by atoms with Gasteiger partial charge >= 0.3 is 0 Å². The predicted octanol–water partition coefficient (Wildman–Crippen LogP) is 1.94. The fourth-order valence-corrected chi connectivity index (χ4v) is 2.41. The standard InChI is InChI=1S/C21H27N3O5/c1-27-12-13-29-20-10-5-16(15-24-20)14-23-19(25)4-3-11-22-21(26)17-6-8-18(28-2)9-7-17/h5-10,15H,3-4,11-14H2,1-2H3,(H,22,26)(H,23,25). The molecular formula is C21H27N3O5. The zero-order valence-corrected chi connectivity index (χ0v) is 16.8. The molecule has 2 amide bonds. The number of aromatic nitrogens is 1. The number of carbonyl (C=O) groups is 2. The van der Waals surface area contributed by atoms with E-state index in [4.69, 9.17) is 14.2 Å². The molecule has 0 aliphatic rings. The Bertz CT molecular complexity index is 763. The van der Waals surface area contributed by atoms with Crippen LogP contribution in [0.5, 0.6) is 11.6 Å². The molecule has 1 heterocycles. The van der Waals surface area contributed by atoms with E-state index in [0.717, 1.165) is 5.56 Å². The molecule has 0 aliphatic heterocycles. The molecule has 0 unspecified atom stereocenters. The number of methoxy groups -OCH3 is 2. The number of nitrogens with one attached hydrogen (secondary N) is 2. The van der Waals surface area contributed by atoms with Crippen molar-refractivity contribution in [1.29, 1.82) is 0 Å². The van der Waals surface area contributed by atoms with E-state index in [0.29, 0.717) is 56.3 Å². The number of amides is 2. The minimum Gasteiger partial charge on any atom is -0.497 e. The van der Waals surface area contributed by atoms with Crippen LogP contribution in [0.4, 0.5) is 0 Å². The quantitative estimate of drug-likeness (QED) is 0.528. The van der Waals surface area contributed by atoms with E-state index in [1.807, 2.05) is 6.07 Å². The van der Waals surface area contributed by atoms with Crippen LogP contribution in [0.3, 0.4) is 0 Å². The molecular weight excluding hydrogens is 374 g/mol. The summed E-state index contributed by atoms with van der Waals surface area (Å²) in [5.74, 6) is 0.961. The highest BCUT2D eigenvalue weighted by atomic mass is 16.5. The molecule has 0 radical (unpaired) electrons. The largest absolute Gasteiger partial charge is 0.497 e. The van der Waals surface area contributed by atoms with Crippen molar-refractivity contribution in [3.05, 3.63) is 53.7 Å². The number of carbonyl (C=O) groups excluding carboxylic acids is 2. The van der Waals surface area contributed by atoms with Crippen molar-refractivity contribution in [2.45, 2.75) is 19.4 Å². The topological polar surface area (TPSA) is 98.8 Å². The number of pyridine rings is 1. The number of hydrogen-bond donors (Lipinski definition) is 2. The Kier molecular flexibility index (Phi) is 9.44. The summed E-state index contributed by atoms with van der Waals surface area (Å²) >= 11 is 0. The number of hydrogen-bond acceptors (Lipinski definition) is 6. The van der Waals surface area contributed by atoms with Crippen LogP contribution in [0.2, 0.25) is 0 Å². The molecule has 156 valence electrons. The van der Waals surface area contributed by atoms with E-state index >= 15 is 0 Å². The first kappa shape index (κ1) is 22.2. The Hall–Kier alpha value is -3.13. The summed E-state index contributed by atoms with van der Waals surface area (Å²) in [4.78, 5) is 28.2. The molecule has 0 saturated carbocycles. The fourth-order valence-electron chi connectivity index (χ4n) is 2.41. The van der Waals surface area contributed by atoms with Crippen LogP contribution in [0.15, 0.2) is 42.6 Å². The van der Waals surface area contributed by atoms with Gasteiger partial charge in [-0.05, 0) is 36.2 Å². The summed E-state index contributed by atoms with van der Waals surface area (Å²) in [5.41, 5.74) is 1.43. The van der Waals surface area contributed by atoms with E-state index in [1.54, 1.807) is 50.7 Å². The summed E-state index contributed by atoms with van der Waals surface area (Å²) in [6, 6.07) is 10.5. The second kappa shape index (κ2) is 12.4. The highest BCUT2D eigenvalue weighted by Crippen LogP contribution is 2.11. The van der Waals surface area contributed by atoms with Crippen molar-refractivity contribution in [3.63, 3.8) is 0 Å². The molecule has 29 heavy (non-hydrogen) atoms. The second-order valence-electron chi connectivity index (χ2n) is 6.21. The zero-order chi connectivity index (χ0) is 20.9. The smallest absolute Gasteiger partial charge is 0.251 e. The third-order valence-electron chi connectivity index (χ3n) is 4.04. The van der Waals surface area contributed by atoms with Crippen molar-refractivity contribution in [2.75, 3.05) is 34.0 Å². The van der Waals surface area contributed by atoms with Gasteiger partial charge in [-0.25, -0.2) is 4.98 Å². The molecule has 8 heteroatoms. The molecule has 0 aliphatic carbocycles. The summed E-state index contributed by atoms with van der Waals surface area (Å²) in [6.45, 7) is 1.75. The normalized spacial score (nSPS) is 10.3. The Labute approximate surface area is 170 Å². The number of rotatable bonds is 12. The van der Waals surface area contributed by atoms with Crippen LogP contribution in [-0.2, 0) is 16.1 Å². The average molecular weight is 401 g/mol. The Morgan fingerprint density at radius 1 is 1.00 bits per heavy atom. The van der Waals surface area contributed by atoms with E-state index < -0.39 is 0 Å². The fraction of sp³-hybridized carbons (Fsp3) is 0.381. The van der Waals surface area contributed by atoms with Gasteiger partial charge in [-0.15, -0.1) is 0 Å². The van der Waals surface area contributed by atoms with Crippen molar-refractivity contribution < 1.29 is 23.8 Å². The van der Waals surface area contributed by atoms with E-state index in [2.05, 4.69) is 15.6 Å². The maximum atomic E-state index is 12.0. The number of nitrogens with zero attached hydrogens (tertiary/aromatic N) is 1. The van der Waals surface area contributed by atoms with Gasteiger partial charge in [0, 0.05) is 44.4 Å². The lowest BCUT2D eigenvalue weighted by Gasteiger charge is -2.08. The number of ether oxygens (including phenoxy) is 3. The van der Waals surface area contributed by atoms with Crippen LogP contribution >= 0.6 is 0 Å². The first-order chi connectivity index (χ1) is 14.1. The van der Waals surface area contributed by atoms with Crippen molar-refractivity contribution in [1.82, 2.24) is 15.6 Å². The summed E-state index contributed by atoms with van der Waals surface area (Å²) in [7, 11) is 3.18. The molecule has 0 spiro atoms. The molecule has 2 N–H and O–H groups in total. The highest BCUT2D eigenvalue weighted by molar-refractivity contribution is 5.94. The van der Waals surface area contributed by atoms with Crippen LogP contribution in [0, 0.1) is 0 Å². The molecule has 0 fully saturated rings. The van der Waals surface area contributed by atoms with Crippen molar-refractivity contribution in [3.8, 4) is 11.6 Å². The van der Waals surface area contributed by atoms with Crippen molar-refractivity contribution >= 4 is 11.8 Å². The maximum Gasteiger partial charge on any atom is 0.251 e. The zero-order valence-electron chi connectivity index (χ0n) is 16.8. The first-order valence-corrected chi connectivity index (χ1v) is 9.38. The Morgan fingerprint density at radius 2 is 1.79 bits per heavy atom. The van der Waals surface area contributed by atoms with Gasteiger partial charge in [0.25, 0.3) is 5.91 Å². The van der Waals surface area contributed by atoms with Gasteiger partial charge < -0.3 is 24.8 Å². The highest BCUT2D eigenvalue weighted by Gasteiger charge is 2.06. The summed E-state index contributed by atoms with van der Waals surface area (Å²) in [6.07, 6.45) is 2.55. The molecule has 8 nitrogen and oxygen atoms in total. The van der Waals surface area contributed by atoms with E-state index in [-0.39, 0.29) is 11.8 Å². The van der Waals surface area contributed by atoms with Gasteiger partial charge in [0.05, 0.1) is 13.7 Å². The van der Waals surface area contributed by atoms with E-state index in [1.165, 1.54) is 0 Å². The minimum atomic E-state index is -0.174. The van der Waals surface area contributed by atoms with Crippen molar-refractivity contribution in [2.24, 2.45) is 0 Å². The molecule has 0 bridgehead atoms. The van der Waals surface area contributed by atoms with Crippen LogP contribution in [-0.4, -0.2) is 50.8 Å². The molecule has 0 saturated heterocycles. The van der Waals surface area contributed by atoms with Crippen LogP contribution in [0.25, 0.3) is 0 Å².